The van der Waals surface area contributed by atoms with Crippen molar-refractivity contribution < 1.29 is 0 Å². The van der Waals surface area contributed by atoms with Gasteiger partial charge in [0.05, 0.1) is 11.1 Å². The second-order valence-electron chi connectivity index (χ2n) is 3.45. The van der Waals surface area contributed by atoms with Gasteiger partial charge in [-0.15, -0.1) is 11.6 Å². The van der Waals surface area contributed by atoms with Crippen LogP contribution in [0.25, 0.3) is 0 Å². The SMILES string of the molecule is CC(Cl)(c1cccc(C#N)c1C#N)C(Cl)(Cl)Cl. The van der Waals surface area contributed by atoms with Crippen molar-refractivity contribution in [3.63, 3.8) is 0 Å². The van der Waals surface area contributed by atoms with Crippen LogP contribution in [0.15, 0.2) is 18.2 Å². The quantitative estimate of drug-likeness (QED) is 0.728. The molecule has 1 atom stereocenters. The molecule has 0 saturated heterocycles. The van der Waals surface area contributed by atoms with Crippen molar-refractivity contribution >= 4 is 46.4 Å². The highest BCUT2D eigenvalue weighted by molar-refractivity contribution is 6.70. The Balaban J connectivity index is 3.55. The van der Waals surface area contributed by atoms with E-state index in [0.717, 1.165) is 0 Å². The lowest BCUT2D eigenvalue weighted by Crippen LogP contribution is -2.32. The van der Waals surface area contributed by atoms with Crippen LogP contribution in [-0.2, 0) is 4.87 Å². The lowest BCUT2D eigenvalue weighted by molar-refractivity contribution is 0.694. The number of nitriles is 2. The van der Waals surface area contributed by atoms with Gasteiger partial charge in [-0.2, -0.15) is 10.5 Å². The molecule has 0 aromatic heterocycles. The highest BCUT2D eigenvalue weighted by Gasteiger charge is 2.46. The fourth-order valence-corrected chi connectivity index (χ4v) is 1.77. The van der Waals surface area contributed by atoms with Crippen LogP contribution in [0.1, 0.15) is 23.6 Å². The largest absolute Gasteiger partial charge is 0.213 e. The maximum atomic E-state index is 9.07. The van der Waals surface area contributed by atoms with Gasteiger partial charge < -0.3 is 0 Å². The first-order valence-electron chi connectivity index (χ1n) is 4.45. The normalized spacial score (nSPS) is 14.5. The third-order valence-electron chi connectivity index (χ3n) is 2.33. The molecule has 0 fully saturated rings. The van der Waals surface area contributed by atoms with E-state index in [1.165, 1.54) is 13.0 Å². The van der Waals surface area contributed by atoms with Gasteiger partial charge >= 0.3 is 0 Å². The molecule has 17 heavy (non-hydrogen) atoms. The van der Waals surface area contributed by atoms with Gasteiger partial charge in [0.1, 0.15) is 17.0 Å². The number of alkyl halides is 4. The Morgan fingerprint density at radius 1 is 1.06 bits per heavy atom. The van der Waals surface area contributed by atoms with Crippen LogP contribution in [0.3, 0.4) is 0 Å². The summed E-state index contributed by atoms with van der Waals surface area (Å²) in [6.07, 6.45) is 0. The Hall–Kier alpha value is -0.640. The summed E-state index contributed by atoms with van der Waals surface area (Å²) >= 11 is 23.6. The van der Waals surface area contributed by atoms with Crippen molar-refractivity contribution in [3.05, 3.63) is 34.9 Å². The minimum Gasteiger partial charge on any atom is -0.192 e. The lowest BCUT2D eigenvalue weighted by Gasteiger charge is -2.31. The molecule has 0 aliphatic rings. The predicted octanol–water partition coefficient (Wildman–Crippen LogP) is 4.25. The summed E-state index contributed by atoms with van der Waals surface area (Å²) in [4.78, 5) is -1.39. The fourth-order valence-electron chi connectivity index (χ4n) is 1.31. The van der Waals surface area contributed by atoms with Crippen molar-refractivity contribution in [2.24, 2.45) is 0 Å². The first kappa shape index (κ1) is 14.4. The molecule has 1 rings (SSSR count). The summed E-state index contributed by atoms with van der Waals surface area (Å²) in [7, 11) is 0. The highest BCUT2D eigenvalue weighted by Crippen LogP contribution is 2.50. The average molecular weight is 308 g/mol. The molecule has 1 unspecified atom stereocenters. The molecule has 0 spiro atoms. The number of benzene rings is 1. The van der Waals surface area contributed by atoms with E-state index in [0.29, 0.717) is 5.56 Å². The van der Waals surface area contributed by atoms with Gasteiger partial charge in [0, 0.05) is 0 Å². The Labute approximate surface area is 119 Å². The van der Waals surface area contributed by atoms with E-state index in [9.17, 15) is 0 Å². The number of nitrogens with zero attached hydrogens (tertiary/aromatic N) is 2. The van der Waals surface area contributed by atoms with Gasteiger partial charge in [0.2, 0.25) is 3.79 Å². The Kier molecular flexibility index (Phi) is 4.18. The molecule has 0 saturated carbocycles. The summed E-state index contributed by atoms with van der Waals surface area (Å²) in [6, 6.07) is 8.47. The highest BCUT2D eigenvalue weighted by atomic mass is 35.6. The van der Waals surface area contributed by atoms with E-state index in [-0.39, 0.29) is 11.1 Å². The Morgan fingerprint density at radius 3 is 2.06 bits per heavy atom. The van der Waals surface area contributed by atoms with Crippen LogP contribution in [0.4, 0.5) is 0 Å². The third kappa shape index (κ3) is 2.62. The first-order chi connectivity index (χ1) is 7.75. The van der Waals surface area contributed by atoms with Crippen LogP contribution >= 0.6 is 46.4 Å². The van der Waals surface area contributed by atoms with Gasteiger partial charge in [0.25, 0.3) is 0 Å². The number of hydrogen-bond acceptors (Lipinski definition) is 2. The standard InChI is InChI=1S/C11H6Cl4N2/c1-10(12,11(13,14)15)9-4-2-3-7(5-16)8(9)6-17/h2-4H,1H3. The van der Waals surface area contributed by atoms with E-state index < -0.39 is 8.67 Å². The van der Waals surface area contributed by atoms with Crippen molar-refractivity contribution in [3.8, 4) is 12.1 Å². The summed E-state index contributed by atoms with van der Waals surface area (Å²) in [5.74, 6) is 0. The second-order valence-corrected chi connectivity index (χ2v) is 6.49. The monoisotopic (exact) mass is 306 g/mol. The van der Waals surface area contributed by atoms with Crippen molar-refractivity contribution in [1.29, 1.82) is 10.5 Å². The van der Waals surface area contributed by atoms with Gasteiger partial charge in [0.15, 0.2) is 0 Å². The molecule has 0 aliphatic heterocycles. The minimum atomic E-state index is -1.80. The molecule has 0 radical (unpaired) electrons. The first-order valence-corrected chi connectivity index (χ1v) is 5.96. The zero-order valence-corrected chi connectivity index (χ0v) is 11.7. The molecule has 0 amide bonds. The third-order valence-corrected chi connectivity index (χ3v) is 4.25. The number of halogens is 4. The van der Waals surface area contributed by atoms with Crippen LogP contribution in [-0.4, -0.2) is 3.79 Å². The minimum absolute atomic E-state index is 0.124. The maximum absolute atomic E-state index is 9.07. The van der Waals surface area contributed by atoms with Crippen LogP contribution in [0.2, 0.25) is 0 Å². The summed E-state index contributed by atoms with van der Waals surface area (Å²) in [5, 5.41) is 18.0. The lowest BCUT2D eigenvalue weighted by atomic mass is 9.93. The molecule has 1 aromatic rings. The van der Waals surface area contributed by atoms with Gasteiger partial charge in [-0.05, 0) is 18.6 Å². The Bertz CT molecular complexity index is 518. The molecule has 88 valence electrons. The van der Waals surface area contributed by atoms with E-state index in [1.807, 2.05) is 12.1 Å². The van der Waals surface area contributed by atoms with Crippen molar-refractivity contribution in [2.75, 3.05) is 0 Å². The zero-order valence-electron chi connectivity index (χ0n) is 8.64. The summed E-state index contributed by atoms with van der Waals surface area (Å²) < 4.78 is -1.80. The van der Waals surface area contributed by atoms with E-state index in [1.54, 1.807) is 12.1 Å². The number of hydrogen-bond donors (Lipinski definition) is 0. The number of rotatable bonds is 1. The van der Waals surface area contributed by atoms with Gasteiger partial charge in [-0.25, -0.2) is 0 Å². The smallest absolute Gasteiger partial charge is 0.192 e. The molecular formula is C11H6Cl4N2. The van der Waals surface area contributed by atoms with Crippen LogP contribution in [0.5, 0.6) is 0 Å². The van der Waals surface area contributed by atoms with Crippen LogP contribution in [0, 0.1) is 22.7 Å². The predicted molar refractivity (Wildman–Crippen MR) is 69.4 cm³/mol. The molecule has 0 aliphatic carbocycles. The van der Waals surface area contributed by atoms with Gasteiger partial charge in [-0.1, -0.05) is 46.9 Å². The topological polar surface area (TPSA) is 47.6 Å². The summed E-state index contributed by atoms with van der Waals surface area (Å²) in [5.41, 5.74) is 0.644. The molecule has 2 nitrogen and oxygen atoms in total. The molecule has 0 N–H and O–H groups in total. The maximum Gasteiger partial charge on any atom is 0.213 e. The zero-order chi connectivity index (χ0) is 13.3. The fraction of sp³-hybridized carbons (Fsp3) is 0.273. The summed E-state index contributed by atoms with van der Waals surface area (Å²) in [6.45, 7) is 1.49. The van der Waals surface area contributed by atoms with Gasteiger partial charge in [-0.3, -0.25) is 0 Å². The van der Waals surface area contributed by atoms with Crippen LogP contribution < -0.4 is 0 Å². The molecular weight excluding hydrogens is 302 g/mol. The van der Waals surface area contributed by atoms with E-state index >= 15 is 0 Å². The molecule has 6 heteroatoms. The molecule has 0 heterocycles. The Morgan fingerprint density at radius 2 is 1.65 bits per heavy atom. The second kappa shape index (κ2) is 4.92. The molecule has 1 aromatic carbocycles. The van der Waals surface area contributed by atoms with Crippen molar-refractivity contribution in [2.45, 2.75) is 15.6 Å². The van der Waals surface area contributed by atoms with Crippen molar-refractivity contribution in [1.82, 2.24) is 0 Å². The van der Waals surface area contributed by atoms with E-state index in [2.05, 4.69) is 0 Å². The van der Waals surface area contributed by atoms with E-state index in [4.69, 9.17) is 56.9 Å². The average Bonchev–Trinajstić information content (AvgIpc) is 2.26. The molecule has 0 bridgehead atoms.